The number of halogens is 3. The first-order valence-corrected chi connectivity index (χ1v) is 10.1. The minimum atomic E-state index is -4.46. The lowest BCUT2D eigenvalue weighted by Crippen LogP contribution is -2.51. The molecule has 0 saturated carbocycles. The van der Waals surface area contributed by atoms with E-state index in [1.165, 1.54) is 17.0 Å². The van der Waals surface area contributed by atoms with Crippen LogP contribution in [0, 0.1) is 0 Å². The van der Waals surface area contributed by atoms with Gasteiger partial charge >= 0.3 is 11.8 Å². The Morgan fingerprint density at radius 2 is 1.55 bits per heavy atom. The maximum atomic E-state index is 12.7. The van der Waals surface area contributed by atoms with Crippen molar-refractivity contribution in [2.45, 2.75) is 6.18 Å². The Bertz CT molecular complexity index is 1230. The lowest BCUT2D eigenvalue weighted by atomic mass is 10.1. The zero-order valence-corrected chi connectivity index (χ0v) is 17.3. The molecule has 4 rings (SSSR count). The second-order valence-electron chi connectivity index (χ2n) is 7.49. The Morgan fingerprint density at radius 1 is 0.909 bits per heavy atom. The fourth-order valence-corrected chi connectivity index (χ4v) is 3.51. The average molecular weight is 460 g/mol. The van der Waals surface area contributed by atoms with Crippen molar-refractivity contribution in [2.75, 3.05) is 32.8 Å². The van der Waals surface area contributed by atoms with Crippen molar-refractivity contribution in [3.63, 3.8) is 0 Å². The summed E-state index contributed by atoms with van der Waals surface area (Å²) in [5.74, 6) is -0.280. The molecule has 3 aromatic rings. The summed E-state index contributed by atoms with van der Waals surface area (Å²) < 4.78 is 48.7. The SMILES string of the molecule is O=C(COc1ccc2ccc(=O)oc2c1)N1CCN(C(=O)c2ccc(C(F)(F)F)cc2)CC1. The Balaban J connectivity index is 1.30. The quantitative estimate of drug-likeness (QED) is 0.559. The van der Waals surface area contributed by atoms with E-state index in [0.29, 0.717) is 11.3 Å². The van der Waals surface area contributed by atoms with Crippen LogP contribution in [-0.4, -0.2) is 54.4 Å². The molecule has 1 fully saturated rings. The van der Waals surface area contributed by atoms with Gasteiger partial charge in [0.25, 0.3) is 11.8 Å². The van der Waals surface area contributed by atoms with Crippen LogP contribution in [0.15, 0.2) is 63.8 Å². The molecule has 0 N–H and O–H groups in total. The summed E-state index contributed by atoms with van der Waals surface area (Å²) in [6.07, 6.45) is -4.46. The Kier molecular flexibility index (Phi) is 6.08. The number of nitrogens with zero attached hydrogens (tertiary/aromatic N) is 2. The standard InChI is InChI=1S/C23H19F3N2O5/c24-23(25,26)17-5-1-16(2-6-17)22(31)28-11-9-27(10-12-28)20(29)14-32-18-7-3-15-4-8-21(30)33-19(15)13-18/h1-8,13H,9-12,14H2. The van der Waals surface area contributed by atoms with Gasteiger partial charge in [-0.1, -0.05) is 0 Å². The average Bonchev–Trinajstić information content (AvgIpc) is 2.81. The molecule has 1 aromatic heterocycles. The molecule has 33 heavy (non-hydrogen) atoms. The number of piperazine rings is 1. The highest BCUT2D eigenvalue weighted by atomic mass is 19.4. The first-order chi connectivity index (χ1) is 15.7. The van der Waals surface area contributed by atoms with Crippen LogP contribution < -0.4 is 10.4 Å². The molecule has 0 unspecified atom stereocenters. The normalized spacial score (nSPS) is 14.4. The monoisotopic (exact) mass is 460 g/mol. The highest BCUT2D eigenvalue weighted by Gasteiger charge is 2.31. The molecule has 0 aliphatic carbocycles. The smallest absolute Gasteiger partial charge is 0.416 e. The van der Waals surface area contributed by atoms with E-state index in [1.54, 1.807) is 23.1 Å². The van der Waals surface area contributed by atoms with Crippen LogP contribution in [0.4, 0.5) is 13.2 Å². The fraction of sp³-hybridized carbons (Fsp3) is 0.261. The van der Waals surface area contributed by atoms with Crippen molar-refractivity contribution in [3.8, 4) is 5.75 Å². The zero-order chi connectivity index (χ0) is 23.6. The molecule has 1 saturated heterocycles. The number of fused-ring (bicyclic) bond motifs is 1. The van der Waals surface area contributed by atoms with Crippen LogP contribution in [0.2, 0.25) is 0 Å². The molecular formula is C23H19F3N2O5. The maximum absolute atomic E-state index is 12.7. The predicted octanol–water partition coefficient (Wildman–Crippen LogP) is 3.18. The van der Waals surface area contributed by atoms with Crippen molar-refractivity contribution in [1.82, 2.24) is 9.80 Å². The van der Waals surface area contributed by atoms with Crippen molar-refractivity contribution in [1.29, 1.82) is 0 Å². The molecular weight excluding hydrogens is 441 g/mol. The van der Waals surface area contributed by atoms with Crippen LogP contribution in [-0.2, 0) is 11.0 Å². The van der Waals surface area contributed by atoms with Gasteiger partial charge in [-0.2, -0.15) is 13.2 Å². The summed E-state index contributed by atoms with van der Waals surface area (Å²) in [5.41, 5.74) is -0.792. The van der Waals surface area contributed by atoms with Crippen molar-refractivity contribution >= 4 is 22.8 Å². The van der Waals surface area contributed by atoms with Gasteiger partial charge < -0.3 is 19.0 Å². The van der Waals surface area contributed by atoms with Gasteiger partial charge in [0.15, 0.2) is 6.61 Å². The minimum Gasteiger partial charge on any atom is -0.484 e. The van der Waals surface area contributed by atoms with E-state index in [2.05, 4.69) is 0 Å². The molecule has 10 heteroatoms. The number of benzene rings is 2. The van der Waals surface area contributed by atoms with Gasteiger partial charge in [-0.15, -0.1) is 0 Å². The largest absolute Gasteiger partial charge is 0.484 e. The van der Waals surface area contributed by atoms with E-state index in [4.69, 9.17) is 9.15 Å². The van der Waals surface area contributed by atoms with E-state index in [-0.39, 0.29) is 50.2 Å². The highest BCUT2D eigenvalue weighted by Crippen LogP contribution is 2.29. The third-order valence-corrected chi connectivity index (χ3v) is 5.34. The Morgan fingerprint density at radius 3 is 2.21 bits per heavy atom. The van der Waals surface area contributed by atoms with Gasteiger partial charge in [0.05, 0.1) is 5.56 Å². The lowest BCUT2D eigenvalue weighted by Gasteiger charge is -2.34. The molecule has 0 bridgehead atoms. The molecule has 172 valence electrons. The Hall–Kier alpha value is -3.82. The lowest BCUT2D eigenvalue weighted by molar-refractivity contribution is -0.137. The molecule has 0 spiro atoms. The van der Waals surface area contributed by atoms with Gasteiger partial charge in [-0.25, -0.2) is 4.79 Å². The number of hydrogen-bond donors (Lipinski definition) is 0. The van der Waals surface area contributed by atoms with Crippen LogP contribution >= 0.6 is 0 Å². The minimum absolute atomic E-state index is 0.161. The predicted molar refractivity (Wildman–Crippen MR) is 112 cm³/mol. The van der Waals surface area contributed by atoms with Crippen molar-refractivity contribution in [2.24, 2.45) is 0 Å². The van der Waals surface area contributed by atoms with Crippen LogP contribution in [0.25, 0.3) is 11.0 Å². The van der Waals surface area contributed by atoms with Crippen LogP contribution in [0.5, 0.6) is 5.75 Å². The van der Waals surface area contributed by atoms with Crippen molar-refractivity contribution in [3.05, 3.63) is 76.1 Å². The maximum Gasteiger partial charge on any atom is 0.416 e. The second-order valence-corrected chi connectivity index (χ2v) is 7.49. The second kappa shape index (κ2) is 8.97. The number of alkyl halides is 3. The third-order valence-electron chi connectivity index (χ3n) is 5.34. The van der Waals surface area contributed by atoms with Gasteiger partial charge in [0.2, 0.25) is 0 Å². The summed E-state index contributed by atoms with van der Waals surface area (Å²) in [7, 11) is 0. The summed E-state index contributed by atoms with van der Waals surface area (Å²) in [6.45, 7) is 0.844. The van der Waals surface area contributed by atoms with Gasteiger partial charge in [-0.05, 0) is 42.5 Å². The zero-order valence-electron chi connectivity index (χ0n) is 17.3. The summed E-state index contributed by atoms with van der Waals surface area (Å²) in [4.78, 5) is 39.4. The molecule has 0 radical (unpaired) electrons. The summed E-state index contributed by atoms with van der Waals surface area (Å²) in [6, 6.07) is 11.9. The number of hydrogen-bond acceptors (Lipinski definition) is 5. The van der Waals surface area contributed by atoms with E-state index < -0.39 is 17.4 Å². The summed E-state index contributed by atoms with van der Waals surface area (Å²) in [5, 5.41) is 0.724. The fourth-order valence-electron chi connectivity index (χ4n) is 3.51. The van der Waals surface area contributed by atoms with E-state index in [1.807, 2.05) is 0 Å². The van der Waals surface area contributed by atoms with Crippen molar-refractivity contribution < 1.29 is 31.9 Å². The van der Waals surface area contributed by atoms with Gasteiger partial charge in [0.1, 0.15) is 11.3 Å². The molecule has 2 heterocycles. The van der Waals surface area contributed by atoms with E-state index in [0.717, 1.165) is 29.7 Å². The van der Waals surface area contributed by atoms with Gasteiger partial charge in [-0.3, -0.25) is 9.59 Å². The Labute approximate surface area is 186 Å². The highest BCUT2D eigenvalue weighted by molar-refractivity contribution is 5.94. The van der Waals surface area contributed by atoms with Gasteiger partial charge in [0, 0.05) is 49.3 Å². The number of carbonyl (C=O) groups excluding carboxylic acids is 2. The number of amides is 2. The van der Waals surface area contributed by atoms with E-state index >= 15 is 0 Å². The van der Waals surface area contributed by atoms with Crippen LogP contribution in [0.3, 0.4) is 0 Å². The molecule has 2 amide bonds. The first-order valence-electron chi connectivity index (χ1n) is 10.1. The molecule has 1 aliphatic rings. The third kappa shape index (κ3) is 5.16. The molecule has 7 nitrogen and oxygen atoms in total. The number of rotatable bonds is 4. The molecule has 0 atom stereocenters. The van der Waals surface area contributed by atoms with E-state index in [9.17, 15) is 27.6 Å². The topological polar surface area (TPSA) is 80.1 Å². The van der Waals surface area contributed by atoms with Crippen LogP contribution in [0.1, 0.15) is 15.9 Å². The number of carbonyl (C=O) groups is 2. The molecule has 1 aliphatic heterocycles. The molecule has 2 aromatic carbocycles. The summed E-state index contributed by atoms with van der Waals surface area (Å²) >= 11 is 0. The first kappa shape index (κ1) is 22.4. The number of ether oxygens (including phenoxy) is 1.